The van der Waals surface area contributed by atoms with Gasteiger partial charge >= 0.3 is 93.1 Å². The molecule has 18 heteroatoms. The molecule has 3 fully saturated rings. The number of thioether (sulfide) groups is 1. The largest absolute Gasteiger partial charge is 2.00 e. The molecule has 0 N–H and O–H groups in total. The van der Waals surface area contributed by atoms with Crippen LogP contribution in [0.4, 0.5) is 33.8 Å². The first kappa shape index (κ1) is 44.9. The third-order valence-corrected chi connectivity index (χ3v) is 14.6. The second kappa shape index (κ2) is 14.0. The molecule has 8 rings (SSSR count). The number of fused-ring (bicyclic) bond motifs is 3. The minimum absolute atomic E-state index is 0. The van der Waals surface area contributed by atoms with Crippen molar-refractivity contribution in [3.05, 3.63) is 115 Å². The summed E-state index contributed by atoms with van der Waals surface area (Å²) in [6.45, 7) is 5.03. The molecule has 5 aromatic rings. The summed E-state index contributed by atoms with van der Waals surface area (Å²) in [6.07, 6.45) is 4.31. The van der Waals surface area contributed by atoms with Gasteiger partial charge in [-0.3, -0.25) is 0 Å². The van der Waals surface area contributed by atoms with E-state index in [1.807, 2.05) is 0 Å². The monoisotopic (exact) mass is 1130 g/mol. The second-order valence-electron chi connectivity index (χ2n) is 14.4. The van der Waals surface area contributed by atoms with Crippen LogP contribution in [0.25, 0.3) is 21.5 Å². The Labute approximate surface area is 334 Å². The first-order valence-corrected chi connectivity index (χ1v) is 30.7. The van der Waals surface area contributed by atoms with Crippen LogP contribution < -0.4 is 15.9 Å². The summed E-state index contributed by atoms with van der Waals surface area (Å²) < 4.78 is 126. The summed E-state index contributed by atoms with van der Waals surface area (Å²) in [5.41, 5.74) is 2.17. The predicted molar refractivity (Wildman–Crippen MR) is 199 cm³/mol. The van der Waals surface area contributed by atoms with Crippen LogP contribution in [-0.4, -0.2) is 50.8 Å². The Morgan fingerprint density at radius 2 is 1.02 bits per heavy atom. The SMILES string of the molecule is CC1(C)[C@@H]2CC[C@]13CS[C@H](c1ccccc1P(c1cccc4ccccc14)c1cccc4ccccc14)O[C@@H]3C2.[F][Sb-]([F])([F])([F])([F])[F].[F][Sb-]([F])([F])([F])([F])[F].[Pd+2]. The minimum Gasteiger partial charge on any atom is 2.00 e. The molecule has 4 atom stereocenters. The molecule has 0 amide bonds. The molecule has 1 heterocycles. The number of halogens is 12. The Hall–Kier alpha value is -1.18. The molecule has 2 aliphatic carbocycles. The van der Waals surface area contributed by atoms with E-state index in [0.29, 0.717) is 16.9 Å². The predicted octanol–water partition coefficient (Wildman–Crippen LogP) is 13.0. The summed E-state index contributed by atoms with van der Waals surface area (Å²) in [5, 5.41) is 9.60. The standard InChI is InChI=1S/C37H35OPS.12FH.Pd.2Sb/c1-36(2)27-21-22-37(36)24-40-35(38-34(37)23-27)30-17-7-8-18-33(30)39(31-19-9-13-25-11-3-5-15-28(25)31)32-20-10-14-26-12-4-6-16-29(26)32;;;;;;;;;;;;;;;/h3-20,27,34-35H,21-24H2,1-2H3;12*1H;;;/q;;;;;;;;;;;;;+2;2*+5/p-12/t27-,34-,35-,37-;;;;;;;;;;;;;;;/m1.............../s1. The van der Waals surface area contributed by atoms with Crippen molar-refractivity contribution in [2.75, 3.05) is 5.75 Å². The van der Waals surface area contributed by atoms with Gasteiger partial charge in [0.2, 0.25) is 0 Å². The average molecular weight is 1140 g/mol. The van der Waals surface area contributed by atoms with Crippen molar-refractivity contribution < 1.29 is 58.9 Å². The molecule has 2 saturated carbocycles. The minimum atomic E-state index is -11.2. The van der Waals surface area contributed by atoms with Gasteiger partial charge < -0.3 is 4.74 Å². The van der Waals surface area contributed by atoms with Gasteiger partial charge in [0, 0.05) is 11.2 Å². The van der Waals surface area contributed by atoms with Crippen molar-refractivity contribution in [3.63, 3.8) is 0 Å². The summed E-state index contributed by atoms with van der Waals surface area (Å²) in [7, 11) is -0.825. The molecule has 5 aromatic carbocycles. The Bertz CT molecular complexity index is 2080. The van der Waals surface area contributed by atoms with Gasteiger partial charge in [-0.1, -0.05) is 123 Å². The van der Waals surface area contributed by atoms with E-state index in [1.54, 1.807) is 0 Å². The van der Waals surface area contributed by atoms with Crippen LogP contribution in [0.2, 0.25) is 0 Å². The van der Waals surface area contributed by atoms with Crippen molar-refractivity contribution in [1.29, 1.82) is 0 Å². The summed E-state index contributed by atoms with van der Waals surface area (Å²) in [4.78, 5) is 0. The molecule has 1 nitrogen and oxygen atoms in total. The summed E-state index contributed by atoms with van der Waals surface area (Å²) >= 11 is -20.4. The Morgan fingerprint density at radius 1 is 0.600 bits per heavy atom. The molecule has 1 spiro atoms. The fraction of sp³-hybridized carbons (Fsp3) is 0.297. The normalized spacial score (nSPS) is 25.5. The summed E-state index contributed by atoms with van der Waals surface area (Å²) in [5.74, 6) is 2.01. The van der Waals surface area contributed by atoms with Gasteiger partial charge in [-0.25, -0.2) is 0 Å². The summed E-state index contributed by atoms with van der Waals surface area (Å²) in [6, 6.07) is 40.7. The molecule has 0 aromatic heterocycles. The molecule has 0 radical (unpaired) electrons. The average Bonchev–Trinajstić information content (AvgIpc) is 3.42. The topological polar surface area (TPSA) is 9.23 Å². The zero-order valence-corrected chi connectivity index (χ0v) is 37.3. The van der Waals surface area contributed by atoms with Crippen LogP contribution in [0.15, 0.2) is 109 Å². The Balaban J connectivity index is 0.000000333. The van der Waals surface area contributed by atoms with Gasteiger partial charge in [-0.05, 0) is 81.5 Å². The van der Waals surface area contributed by atoms with Crippen molar-refractivity contribution in [2.24, 2.45) is 16.7 Å². The molecule has 1 aliphatic heterocycles. The maximum Gasteiger partial charge on any atom is 2.00 e. The zero-order valence-electron chi connectivity index (χ0n) is 29.0. The van der Waals surface area contributed by atoms with Gasteiger partial charge in [0.1, 0.15) is 5.44 Å². The van der Waals surface area contributed by atoms with Crippen molar-refractivity contribution >= 4 is 96.1 Å². The van der Waals surface area contributed by atoms with E-state index >= 15 is 0 Å². The molecular weight excluding hydrogens is 1100 g/mol. The number of hydrogen-bond acceptors (Lipinski definition) is 2. The van der Waals surface area contributed by atoms with E-state index in [2.05, 4.69) is 135 Å². The van der Waals surface area contributed by atoms with Gasteiger partial charge in [0.15, 0.2) is 0 Å². The molecule has 3 aliphatic rings. The number of benzene rings is 5. The smallest absolute Gasteiger partial charge is 2.00 e. The van der Waals surface area contributed by atoms with E-state index < -0.39 is 46.9 Å². The first-order valence-electron chi connectivity index (χ1n) is 16.7. The number of rotatable bonds is 4. The van der Waals surface area contributed by atoms with Crippen LogP contribution in [-0.2, 0) is 25.2 Å². The quantitative estimate of drug-likeness (QED) is 0.101. The third kappa shape index (κ3) is 11.5. The zero-order chi connectivity index (χ0) is 39.7. The van der Waals surface area contributed by atoms with Gasteiger partial charge in [0.05, 0.1) is 6.10 Å². The van der Waals surface area contributed by atoms with Crippen LogP contribution in [0.3, 0.4) is 0 Å². The maximum absolute atomic E-state index is 11.2. The Morgan fingerprint density at radius 3 is 1.51 bits per heavy atom. The van der Waals surface area contributed by atoms with Gasteiger partial charge in [0.25, 0.3) is 0 Å². The number of ether oxygens (including phenoxy) is 1. The van der Waals surface area contributed by atoms with E-state index in [0.717, 1.165) is 5.92 Å². The van der Waals surface area contributed by atoms with Crippen LogP contribution in [0.5, 0.6) is 0 Å². The van der Waals surface area contributed by atoms with Crippen LogP contribution in [0, 0.1) is 16.7 Å². The Kier molecular flexibility index (Phi) is 11.4. The number of hydrogen-bond donors (Lipinski definition) is 0. The van der Waals surface area contributed by atoms with Crippen molar-refractivity contribution in [2.45, 2.75) is 44.6 Å². The molecule has 55 heavy (non-hydrogen) atoms. The first-order chi connectivity index (χ1) is 24.5. The van der Waals surface area contributed by atoms with Gasteiger partial charge in [-0.2, -0.15) is 0 Å². The fourth-order valence-corrected chi connectivity index (χ4v) is 12.9. The second-order valence-corrected chi connectivity index (χ2v) is 28.5. The van der Waals surface area contributed by atoms with E-state index in [-0.39, 0.29) is 25.9 Å². The van der Waals surface area contributed by atoms with Crippen molar-refractivity contribution in [3.8, 4) is 0 Å². The maximum atomic E-state index is 9.93. The van der Waals surface area contributed by atoms with Crippen LogP contribution in [0.1, 0.15) is 44.1 Å². The molecule has 1 saturated heterocycles. The van der Waals surface area contributed by atoms with Gasteiger partial charge in [-0.15, -0.1) is 11.8 Å². The third-order valence-electron chi connectivity index (χ3n) is 10.6. The molecule has 2 bridgehead atoms. The van der Waals surface area contributed by atoms with Crippen LogP contribution >= 0.6 is 19.7 Å². The van der Waals surface area contributed by atoms with E-state index in [9.17, 15) is 33.8 Å². The van der Waals surface area contributed by atoms with E-state index in [1.165, 1.54) is 68.0 Å². The molecule has 0 unspecified atom stereocenters. The molecular formula is C37H35F12OPPdSSb2. The molecule has 304 valence electrons. The van der Waals surface area contributed by atoms with E-state index in [4.69, 9.17) is 4.74 Å². The fourth-order valence-electron chi connectivity index (χ4n) is 8.19. The van der Waals surface area contributed by atoms with Crippen molar-refractivity contribution in [1.82, 2.24) is 0 Å².